The smallest absolute Gasteiger partial charge is 0.408 e. The van der Waals surface area contributed by atoms with Gasteiger partial charge in [-0.2, -0.15) is 4.98 Å². The van der Waals surface area contributed by atoms with Crippen molar-refractivity contribution in [2.75, 3.05) is 12.3 Å². The van der Waals surface area contributed by atoms with Crippen molar-refractivity contribution in [1.82, 2.24) is 14.9 Å². The van der Waals surface area contributed by atoms with Crippen LogP contribution in [-0.2, 0) is 23.4 Å². The van der Waals surface area contributed by atoms with Crippen LogP contribution in [0.2, 0.25) is 5.04 Å². The molecule has 1 fully saturated rings. The standard InChI is InChI=1S/C36H50N4O8Si/c1-23(2)28(39-33(43)48-34(3,4)5)30(41)47-29-26(46-31(36(29,9)44)40-21-20-27(37)38-32(40)42)22-45-49(35(6,7)8,24-16-12-10-13-17-24)25-18-14-11-15-19-25/h10-21,23,26,28-29,31,44H,22H2,1-9H3,(H,39,43)(H2,37,38,42)/t26-,28?,29?,31-,36+/m1/s1. The Hall–Kier alpha value is -4.04. The fourth-order valence-corrected chi connectivity index (χ4v) is 10.8. The number of nitrogens with one attached hydrogen (secondary N) is 1. The Morgan fingerprint density at radius 3 is 2.04 bits per heavy atom. The number of hydrogen-bond acceptors (Lipinski definition) is 10. The molecule has 1 amide bonds. The number of ether oxygens (including phenoxy) is 3. The molecule has 2 unspecified atom stereocenters. The maximum atomic E-state index is 13.8. The van der Waals surface area contributed by atoms with Gasteiger partial charge >= 0.3 is 17.8 Å². The highest BCUT2D eigenvalue weighted by Crippen LogP contribution is 2.42. The number of benzene rings is 2. The number of alkyl carbamates (subject to hydrolysis) is 1. The zero-order valence-electron chi connectivity index (χ0n) is 29.8. The maximum absolute atomic E-state index is 13.8. The first-order chi connectivity index (χ1) is 22.8. The van der Waals surface area contributed by atoms with Crippen LogP contribution in [0.3, 0.4) is 0 Å². The molecule has 0 bridgehead atoms. The highest BCUT2D eigenvalue weighted by atomic mass is 28.4. The maximum Gasteiger partial charge on any atom is 0.408 e. The summed E-state index contributed by atoms with van der Waals surface area (Å²) < 4.78 is 26.1. The number of esters is 1. The number of amides is 1. The Kier molecular flexibility index (Phi) is 11.1. The van der Waals surface area contributed by atoms with Gasteiger partial charge in [-0.3, -0.25) is 4.57 Å². The quantitative estimate of drug-likeness (QED) is 0.211. The Balaban J connectivity index is 1.76. The van der Waals surface area contributed by atoms with Crippen LogP contribution >= 0.6 is 0 Å². The van der Waals surface area contributed by atoms with Gasteiger partial charge in [-0.15, -0.1) is 0 Å². The Morgan fingerprint density at radius 2 is 1.57 bits per heavy atom. The van der Waals surface area contributed by atoms with Crippen LogP contribution in [0, 0.1) is 5.92 Å². The molecule has 0 spiro atoms. The molecule has 5 atom stereocenters. The van der Waals surface area contributed by atoms with E-state index in [-0.39, 0.29) is 17.5 Å². The molecule has 13 heteroatoms. The van der Waals surface area contributed by atoms with Gasteiger partial charge in [-0.05, 0) is 55.1 Å². The summed E-state index contributed by atoms with van der Waals surface area (Å²) in [6.07, 6.45) is -3.13. The van der Waals surface area contributed by atoms with Crippen LogP contribution in [0.5, 0.6) is 0 Å². The molecule has 2 aromatic carbocycles. The van der Waals surface area contributed by atoms with E-state index in [4.69, 9.17) is 24.4 Å². The number of aromatic nitrogens is 2. The summed E-state index contributed by atoms with van der Waals surface area (Å²) in [5.74, 6) is -1.21. The van der Waals surface area contributed by atoms with E-state index >= 15 is 0 Å². The molecule has 49 heavy (non-hydrogen) atoms. The van der Waals surface area contributed by atoms with Crippen molar-refractivity contribution in [1.29, 1.82) is 0 Å². The number of nitrogen functional groups attached to an aromatic ring is 1. The van der Waals surface area contributed by atoms with Gasteiger partial charge in [0.25, 0.3) is 8.32 Å². The van der Waals surface area contributed by atoms with Crippen LogP contribution in [0.4, 0.5) is 10.6 Å². The minimum absolute atomic E-state index is 0.00132. The number of aliphatic hydroxyl groups is 1. The van der Waals surface area contributed by atoms with Gasteiger partial charge in [-0.1, -0.05) is 95.3 Å². The number of carbonyl (C=O) groups is 2. The molecule has 0 saturated carbocycles. The first-order valence-corrected chi connectivity index (χ1v) is 18.4. The molecule has 1 aliphatic rings. The minimum Gasteiger partial charge on any atom is -0.455 e. The van der Waals surface area contributed by atoms with Crippen molar-refractivity contribution < 1.29 is 33.3 Å². The average molecular weight is 695 g/mol. The van der Waals surface area contributed by atoms with E-state index in [1.165, 1.54) is 19.2 Å². The summed E-state index contributed by atoms with van der Waals surface area (Å²) in [5.41, 5.74) is 2.24. The lowest BCUT2D eigenvalue weighted by atomic mass is 9.95. The van der Waals surface area contributed by atoms with Crippen molar-refractivity contribution >= 4 is 36.6 Å². The topological polar surface area (TPSA) is 164 Å². The molecule has 266 valence electrons. The first kappa shape index (κ1) is 37.8. The van der Waals surface area contributed by atoms with Crippen LogP contribution in [0.15, 0.2) is 77.7 Å². The predicted octanol–water partition coefficient (Wildman–Crippen LogP) is 3.51. The Morgan fingerprint density at radius 1 is 1.02 bits per heavy atom. The molecule has 4 N–H and O–H groups in total. The van der Waals surface area contributed by atoms with Crippen LogP contribution in [-0.4, -0.2) is 71.1 Å². The van der Waals surface area contributed by atoms with Crippen LogP contribution in [0.1, 0.15) is 68.5 Å². The van der Waals surface area contributed by atoms with Crippen molar-refractivity contribution in [3.63, 3.8) is 0 Å². The monoisotopic (exact) mass is 694 g/mol. The van der Waals surface area contributed by atoms with Crippen molar-refractivity contribution in [3.05, 3.63) is 83.4 Å². The van der Waals surface area contributed by atoms with E-state index in [0.717, 1.165) is 14.9 Å². The highest BCUT2D eigenvalue weighted by molar-refractivity contribution is 6.99. The fourth-order valence-electron chi connectivity index (χ4n) is 6.26. The van der Waals surface area contributed by atoms with Gasteiger partial charge in [0.1, 0.15) is 29.2 Å². The third kappa shape index (κ3) is 8.23. The van der Waals surface area contributed by atoms with Crippen molar-refractivity contribution in [2.45, 2.75) is 103 Å². The summed E-state index contributed by atoms with van der Waals surface area (Å²) in [5, 5.41) is 16.3. The number of hydrogen-bond donors (Lipinski definition) is 3. The minimum atomic E-state index is -3.11. The summed E-state index contributed by atoms with van der Waals surface area (Å²) in [6, 6.07) is 20.2. The number of carbonyl (C=O) groups excluding carboxylic acids is 2. The average Bonchev–Trinajstić information content (AvgIpc) is 3.24. The normalized spacial score (nSPS) is 22.1. The van der Waals surface area contributed by atoms with Crippen LogP contribution in [0.25, 0.3) is 0 Å². The second-order valence-electron chi connectivity index (χ2n) is 15.0. The Bertz CT molecular complexity index is 1610. The van der Waals surface area contributed by atoms with Gasteiger partial charge < -0.3 is 34.8 Å². The van der Waals surface area contributed by atoms with Gasteiger partial charge in [0.15, 0.2) is 12.3 Å². The molecule has 12 nitrogen and oxygen atoms in total. The molecule has 3 aromatic rings. The number of rotatable bonds is 10. The summed E-state index contributed by atoms with van der Waals surface area (Å²) in [6.45, 7) is 16.3. The second kappa shape index (κ2) is 14.4. The van der Waals surface area contributed by atoms with E-state index in [1.54, 1.807) is 34.6 Å². The van der Waals surface area contributed by atoms with E-state index in [1.807, 2.05) is 60.7 Å². The van der Waals surface area contributed by atoms with Crippen LogP contribution < -0.4 is 27.1 Å². The lowest BCUT2D eigenvalue weighted by Crippen LogP contribution is -2.67. The molecular weight excluding hydrogens is 645 g/mol. The summed E-state index contributed by atoms with van der Waals surface area (Å²) >= 11 is 0. The van der Waals surface area contributed by atoms with Gasteiger partial charge in [-0.25, -0.2) is 14.4 Å². The molecule has 0 aliphatic carbocycles. The van der Waals surface area contributed by atoms with Gasteiger partial charge in [0, 0.05) is 6.20 Å². The SMILES string of the molecule is CC(C)C(NC(=O)OC(C)(C)C)C(=O)OC1[C@@H](CO[Si](c2ccccc2)(c2ccccc2)C(C)(C)C)O[C@@H](n2ccc(N)nc2=O)[C@@]1(C)O. The van der Waals surface area contributed by atoms with E-state index < -0.39 is 67.7 Å². The first-order valence-electron chi connectivity index (χ1n) is 16.5. The van der Waals surface area contributed by atoms with E-state index in [0.29, 0.717) is 0 Å². The molecule has 0 radical (unpaired) electrons. The molecule has 2 heterocycles. The molecular formula is C36H50N4O8Si. The lowest BCUT2D eigenvalue weighted by molar-refractivity contribution is -0.167. The highest BCUT2D eigenvalue weighted by Gasteiger charge is 2.58. The largest absolute Gasteiger partial charge is 0.455 e. The zero-order valence-corrected chi connectivity index (χ0v) is 30.8. The van der Waals surface area contributed by atoms with Crippen molar-refractivity contribution in [2.24, 2.45) is 5.92 Å². The predicted molar refractivity (Wildman–Crippen MR) is 189 cm³/mol. The van der Waals surface area contributed by atoms with Gasteiger partial charge in [0.2, 0.25) is 0 Å². The molecule has 1 aliphatic heterocycles. The Labute approximate surface area is 289 Å². The fraction of sp³-hybridized carbons (Fsp3) is 0.500. The van der Waals surface area contributed by atoms with E-state index in [2.05, 4.69) is 31.1 Å². The zero-order chi connectivity index (χ0) is 36.4. The lowest BCUT2D eigenvalue weighted by Gasteiger charge is -2.43. The van der Waals surface area contributed by atoms with Gasteiger partial charge in [0.05, 0.1) is 6.61 Å². The molecule has 4 rings (SSSR count). The van der Waals surface area contributed by atoms with Crippen molar-refractivity contribution in [3.8, 4) is 0 Å². The second-order valence-corrected chi connectivity index (χ2v) is 19.3. The summed E-state index contributed by atoms with van der Waals surface area (Å²) in [4.78, 5) is 43.3. The van der Waals surface area contributed by atoms with E-state index in [9.17, 15) is 19.5 Å². The third-order valence-corrected chi connectivity index (χ3v) is 13.5. The molecule has 1 aromatic heterocycles. The molecule has 1 saturated heterocycles. The third-order valence-electron chi connectivity index (χ3n) is 8.54. The number of nitrogens with two attached hydrogens (primary N) is 1. The number of anilines is 1. The number of nitrogens with zero attached hydrogens (tertiary/aromatic N) is 2. The summed E-state index contributed by atoms with van der Waals surface area (Å²) in [7, 11) is -3.11.